The van der Waals surface area contributed by atoms with Crippen LogP contribution in [0.5, 0.6) is 0 Å². The van der Waals surface area contributed by atoms with E-state index in [1.165, 1.54) is 0 Å². The Morgan fingerprint density at radius 1 is 0.838 bits per heavy atom. The minimum Gasteiger partial charge on any atom is -0.348 e. The van der Waals surface area contributed by atoms with Crippen LogP contribution in [0.1, 0.15) is 35.6 Å². The molecule has 4 aromatic carbocycles. The number of nitrogens with one attached hydrogen (secondary N) is 2. The second-order valence-corrected chi connectivity index (χ2v) is 10.9. The molecule has 2 atom stereocenters. The third-order valence-electron chi connectivity index (χ3n) is 6.50. The zero-order valence-corrected chi connectivity index (χ0v) is 21.7. The summed E-state index contributed by atoms with van der Waals surface area (Å²) >= 11 is 0. The second kappa shape index (κ2) is 12.1. The van der Waals surface area contributed by atoms with E-state index < -0.39 is 16.1 Å². The lowest BCUT2D eigenvalue weighted by Crippen LogP contribution is -2.48. The summed E-state index contributed by atoms with van der Waals surface area (Å²) in [6.45, 7) is 2.30. The Morgan fingerprint density at radius 3 is 2.14 bits per heavy atom. The number of nitrogens with two attached hydrogens (primary N) is 1. The molecule has 0 saturated carbocycles. The van der Waals surface area contributed by atoms with Crippen LogP contribution >= 0.6 is 0 Å². The summed E-state index contributed by atoms with van der Waals surface area (Å²) in [7, 11) is -3.99. The molecule has 4 N–H and O–H groups in total. The Bertz CT molecular complexity index is 1440. The highest BCUT2D eigenvalue weighted by molar-refractivity contribution is 7.89. The zero-order chi connectivity index (χ0) is 26.3. The van der Waals surface area contributed by atoms with Gasteiger partial charge in [0.25, 0.3) is 0 Å². The molecule has 0 radical (unpaired) electrons. The van der Waals surface area contributed by atoms with Crippen LogP contribution in [0.2, 0.25) is 0 Å². The predicted molar refractivity (Wildman–Crippen MR) is 149 cm³/mol. The number of aryl methyl sites for hydroxylation is 1. The van der Waals surface area contributed by atoms with Crippen molar-refractivity contribution in [1.82, 2.24) is 10.0 Å². The number of fused-ring (bicyclic) bond motifs is 1. The molecular formula is C30H33N3O3S. The molecule has 0 aliphatic heterocycles. The Labute approximate surface area is 219 Å². The fraction of sp³-hybridized carbons (Fsp3) is 0.233. The van der Waals surface area contributed by atoms with Crippen LogP contribution in [0, 0.1) is 6.92 Å². The molecule has 4 aromatic rings. The summed E-state index contributed by atoms with van der Waals surface area (Å²) in [6.07, 6.45) is 1.37. The van der Waals surface area contributed by atoms with Gasteiger partial charge in [-0.1, -0.05) is 91.0 Å². The van der Waals surface area contributed by atoms with E-state index in [4.69, 9.17) is 5.73 Å². The lowest BCUT2D eigenvalue weighted by Gasteiger charge is -2.24. The predicted octanol–water partition coefficient (Wildman–Crippen LogP) is 4.63. The highest BCUT2D eigenvalue weighted by atomic mass is 32.2. The molecule has 192 valence electrons. The highest BCUT2D eigenvalue weighted by Gasteiger charge is 2.28. The van der Waals surface area contributed by atoms with Crippen molar-refractivity contribution in [3.8, 4) is 0 Å². The fourth-order valence-corrected chi connectivity index (χ4v) is 5.97. The van der Waals surface area contributed by atoms with Crippen LogP contribution < -0.4 is 15.8 Å². The molecular weight excluding hydrogens is 482 g/mol. The highest BCUT2D eigenvalue weighted by Crippen LogP contribution is 2.26. The van der Waals surface area contributed by atoms with E-state index in [1.807, 2.05) is 85.8 Å². The number of rotatable bonds is 11. The maximum atomic E-state index is 13.6. The number of sulfonamides is 1. The average molecular weight is 516 g/mol. The van der Waals surface area contributed by atoms with Gasteiger partial charge >= 0.3 is 0 Å². The third kappa shape index (κ3) is 6.63. The Kier molecular flexibility index (Phi) is 8.71. The first-order valence-corrected chi connectivity index (χ1v) is 14.0. The number of carbonyl (C=O) groups excluding carboxylic acids is 1. The van der Waals surface area contributed by atoms with Crippen molar-refractivity contribution in [2.45, 2.75) is 43.2 Å². The molecule has 0 aliphatic carbocycles. The van der Waals surface area contributed by atoms with E-state index in [-0.39, 0.29) is 23.3 Å². The summed E-state index contributed by atoms with van der Waals surface area (Å²) < 4.78 is 29.8. The lowest BCUT2D eigenvalue weighted by molar-refractivity contribution is -0.123. The van der Waals surface area contributed by atoms with Crippen LogP contribution in [0.25, 0.3) is 10.8 Å². The molecule has 4 rings (SSSR count). The van der Waals surface area contributed by atoms with Crippen molar-refractivity contribution < 1.29 is 13.2 Å². The number of hydrogen-bond donors (Lipinski definition) is 3. The SMILES string of the molecule is Cc1ccc(S(=O)(=O)NC(CCCN)C(=O)NC(Cc2ccccc2)c2ccccc2)c2ccccc12. The summed E-state index contributed by atoms with van der Waals surface area (Å²) in [6, 6.07) is 29.1. The maximum absolute atomic E-state index is 13.6. The molecule has 2 unspecified atom stereocenters. The van der Waals surface area contributed by atoms with E-state index >= 15 is 0 Å². The van der Waals surface area contributed by atoms with E-state index in [2.05, 4.69) is 10.0 Å². The van der Waals surface area contributed by atoms with E-state index in [0.29, 0.717) is 24.8 Å². The standard InChI is InChI=1S/C30H33N3O3S/c1-22-18-19-29(26-16-9-8-15-25(22)26)37(35,36)33-27(17-10-20-31)30(34)32-28(24-13-6-3-7-14-24)21-23-11-4-2-5-12-23/h2-9,11-16,18-19,27-28,33H,10,17,20-21,31H2,1H3,(H,32,34). The Morgan fingerprint density at radius 2 is 1.46 bits per heavy atom. The van der Waals surface area contributed by atoms with Crippen molar-refractivity contribution in [3.05, 3.63) is 114 Å². The summed E-state index contributed by atoms with van der Waals surface area (Å²) in [5, 5.41) is 4.59. The van der Waals surface area contributed by atoms with Crippen molar-refractivity contribution >= 4 is 26.7 Å². The van der Waals surface area contributed by atoms with Gasteiger partial charge in [0.1, 0.15) is 6.04 Å². The smallest absolute Gasteiger partial charge is 0.241 e. The first-order chi connectivity index (χ1) is 17.9. The minimum absolute atomic E-state index is 0.156. The summed E-state index contributed by atoms with van der Waals surface area (Å²) in [4.78, 5) is 13.7. The molecule has 37 heavy (non-hydrogen) atoms. The van der Waals surface area contributed by atoms with Crippen LogP contribution in [-0.4, -0.2) is 26.9 Å². The average Bonchev–Trinajstić information content (AvgIpc) is 2.92. The normalized spacial score (nSPS) is 13.2. The van der Waals surface area contributed by atoms with Crippen molar-refractivity contribution in [2.75, 3.05) is 6.54 Å². The summed E-state index contributed by atoms with van der Waals surface area (Å²) in [5.41, 5.74) is 8.73. The quantitative estimate of drug-likeness (QED) is 0.271. The van der Waals surface area contributed by atoms with Crippen molar-refractivity contribution in [2.24, 2.45) is 5.73 Å². The monoisotopic (exact) mass is 515 g/mol. The Balaban J connectivity index is 1.61. The Hall–Kier alpha value is -3.52. The molecule has 0 heterocycles. The van der Waals surface area contributed by atoms with Crippen LogP contribution in [0.4, 0.5) is 0 Å². The lowest BCUT2D eigenvalue weighted by atomic mass is 9.98. The number of benzene rings is 4. The van der Waals surface area contributed by atoms with Gasteiger partial charge in [-0.2, -0.15) is 4.72 Å². The molecule has 0 saturated heterocycles. The van der Waals surface area contributed by atoms with Gasteiger partial charge in [-0.25, -0.2) is 8.42 Å². The molecule has 7 heteroatoms. The zero-order valence-electron chi connectivity index (χ0n) is 20.9. The number of carbonyl (C=O) groups is 1. The molecule has 0 aliphatic rings. The van der Waals surface area contributed by atoms with Gasteiger partial charge < -0.3 is 11.1 Å². The minimum atomic E-state index is -3.99. The number of amides is 1. The first kappa shape index (κ1) is 26.5. The summed E-state index contributed by atoms with van der Waals surface area (Å²) in [5.74, 6) is -0.377. The second-order valence-electron chi connectivity index (χ2n) is 9.19. The topological polar surface area (TPSA) is 101 Å². The molecule has 0 spiro atoms. The molecule has 6 nitrogen and oxygen atoms in total. The van der Waals surface area contributed by atoms with Crippen molar-refractivity contribution in [3.63, 3.8) is 0 Å². The molecule has 0 bridgehead atoms. The van der Waals surface area contributed by atoms with Gasteiger partial charge in [0.05, 0.1) is 10.9 Å². The van der Waals surface area contributed by atoms with E-state index in [1.54, 1.807) is 18.2 Å². The van der Waals surface area contributed by atoms with Gasteiger partial charge in [0.2, 0.25) is 15.9 Å². The van der Waals surface area contributed by atoms with Gasteiger partial charge in [-0.05, 0) is 60.9 Å². The molecule has 0 fully saturated rings. The van der Waals surface area contributed by atoms with E-state index in [0.717, 1.165) is 22.1 Å². The van der Waals surface area contributed by atoms with E-state index in [9.17, 15) is 13.2 Å². The van der Waals surface area contributed by atoms with Gasteiger partial charge in [-0.3, -0.25) is 4.79 Å². The van der Waals surface area contributed by atoms with Crippen molar-refractivity contribution in [1.29, 1.82) is 0 Å². The number of hydrogen-bond acceptors (Lipinski definition) is 4. The van der Waals surface area contributed by atoms with Gasteiger partial charge in [-0.15, -0.1) is 0 Å². The largest absolute Gasteiger partial charge is 0.348 e. The molecule has 1 amide bonds. The first-order valence-electron chi connectivity index (χ1n) is 12.5. The third-order valence-corrected chi connectivity index (χ3v) is 8.03. The fourth-order valence-electron chi connectivity index (χ4n) is 4.53. The molecule has 0 aromatic heterocycles. The van der Waals surface area contributed by atoms with Crippen LogP contribution in [0.3, 0.4) is 0 Å². The van der Waals surface area contributed by atoms with Gasteiger partial charge in [0, 0.05) is 5.39 Å². The van der Waals surface area contributed by atoms with Crippen LogP contribution in [-0.2, 0) is 21.2 Å². The van der Waals surface area contributed by atoms with Crippen LogP contribution in [0.15, 0.2) is 102 Å². The maximum Gasteiger partial charge on any atom is 0.241 e. The van der Waals surface area contributed by atoms with Gasteiger partial charge in [0.15, 0.2) is 0 Å².